The fraction of sp³-hybridized carbons (Fsp3) is 0.208. The minimum absolute atomic E-state index is 0.0391. The van der Waals surface area contributed by atoms with Crippen molar-refractivity contribution in [3.63, 3.8) is 0 Å². The predicted molar refractivity (Wildman–Crippen MR) is 116 cm³/mol. The zero-order valence-corrected chi connectivity index (χ0v) is 17.3. The zero-order chi connectivity index (χ0) is 20.2. The molecule has 0 unspecified atom stereocenters. The second-order valence-electron chi connectivity index (χ2n) is 6.79. The van der Waals surface area contributed by atoms with Crippen LogP contribution in [0.1, 0.15) is 26.4 Å². The van der Waals surface area contributed by atoms with Crippen LogP contribution in [0.15, 0.2) is 59.5 Å². The second kappa shape index (κ2) is 8.53. The number of methoxy groups -OCH3 is 2. The average Bonchev–Trinajstić information content (AvgIpc) is 3.36. The predicted octanol–water partition coefficient (Wildman–Crippen LogP) is 5.21. The van der Waals surface area contributed by atoms with E-state index in [1.807, 2.05) is 36.4 Å². The summed E-state index contributed by atoms with van der Waals surface area (Å²) in [6.07, 6.45) is 3.44. The molecule has 0 N–H and O–H groups in total. The van der Waals surface area contributed by atoms with Crippen LogP contribution < -0.4 is 14.2 Å². The molecule has 1 aliphatic rings. The monoisotopic (exact) mass is 406 g/mol. The van der Waals surface area contributed by atoms with Gasteiger partial charge in [-0.1, -0.05) is 18.2 Å². The van der Waals surface area contributed by atoms with Crippen LogP contribution in [0.4, 0.5) is 0 Å². The first kappa shape index (κ1) is 19.3. The summed E-state index contributed by atoms with van der Waals surface area (Å²) >= 11 is 1.74. The first-order valence-electron chi connectivity index (χ1n) is 9.43. The second-order valence-corrected chi connectivity index (χ2v) is 7.82. The van der Waals surface area contributed by atoms with E-state index in [1.54, 1.807) is 31.6 Å². The Labute approximate surface area is 174 Å². The smallest absolute Gasteiger partial charge is 0.189 e. The molecule has 5 heteroatoms. The molecule has 0 saturated heterocycles. The molecule has 0 aliphatic heterocycles. The van der Waals surface area contributed by atoms with Crippen LogP contribution >= 0.6 is 11.3 Å². The van der Waals surface area contributed by atoms with Crippen molar-refractivity contribution in [1.29, 1.82) is 0 Å². The molecule has 0 fully saturated rings. The molecular weight excluding hydrogens is 384 g/mol. The lowest BCUT2D eigenvalue weighted by molar-refractivity contribution is 0.104. The Morgan fingerprint density at radius 2 is 1.79 bits per heavy atom. The Balaban J connectivity index is 1.44. The van der Waals surface area contributed by atoms with Crippen molar-refractivity contribution in [2.24, 2.45) is 0 Å². The maximum Gasteiger partial charge on any atom is 0.189 e. The molecule has 0 bridgehead atoms. The number of allylic oxidation sites excluding steroid dienone is 1. The molecule has 0 saturated carbocycles. The van der Waals surface area contributed by atoms with E-state index in [0.717, 1.165) is 28.9 Å². The number of ketones is 1. The number of benzene rings is 2. The molecule has 4 rings (SSSR count). The van der Waals surface area contributed by atoms with E-state index in [0.29, 0.717) is 30.1 Å². The molecule has 1 aliphatic carbocycles. The Bertz CT molecular complexity index is 1030. The molecule has 0 spiro atoms. The fourth-order valence-electron chi connectivity index (χ4n) is 3.44. The van der Waals surface area contributed by atoms with Crippen molar-refractivity contribution in [3.05, 3.63) is 81.1 Å². The molecule has 1 heterocycles. The SMILES string of the molecule is COc1cc2c(cc1OC)C(=O)C(=Cc1ccc(OCCc3cccs3)cc1)C2. The van der Waals surface area contributed by atoms with Gasteiger partial charge in [0.15, 0.2) is 17.3 Å². The van der Waals surface area contributed by atoms with Gasteiger partial charge in [0.25, 0.3) is 0 Å². The van der Waals surface area contributed by atoms with Crippen LogP contribution in [-0.2, 0) is 12.8 Å². The van der Waals surface area contributed by atoms with Gasteiger partial charge < -0.3 is 14.2 Å². The topological polar surface area (TPSA) is 44.8 Å². The standard InChI is InChI=1S/C24H22O4S/c1-26-22-14-17-13-18(24(25)21(17)15-23(22)27-2)12-16-5-7-19(8-6-16)28-10-9-20-4-3-11-29-20/h3-8,11-12,14-15H,9-10,13H2,1-2H3. The number of fused-ring (bicyclic) bond motifs is 1. The lowest BCUT2D eigenvalue weighted by atomic mass is 10.1. The van der Waals surface area contributed by atoms with Gasteiger partial charge in [-0.2, -0.15) is 0 Å². The highest BCUT2D eigenvalue weighted by molar-refractivity contribution is 7.09. The lowest BCUT2D eigenvalue weighted by Gasteiger charge is -2.08. The first-order chi connectivity index (χ1) is 14.2. The zero-order valence-electron chi connectivity index (χ0n) is 16.4. The van der Waals surface area contributed by atoms with Crippen molar-refractivity contribution in [2.75, 3.05) is 20.8 Å². The number of hydrogen-bond acceptors (Lipinski definition) is 5. The summed E-state index contributed by atoms with van der Waals surface area (Å²) in [4.78, 5) is 14.1. The molecule has 0 radical (unpaired) electrons. The van der Waals surface area contributed by atoms with Crippen molar-refractivity contribution in [3.8, 4) is 17.2 Å². The highest BCUT2D eigenvalue weighted by Crippen LogP contribution is 2.37. The normalized spacial score (nSPS) is 14.1. The minimum atomic E-state index is 0.0391. The third-order valence-electron chi connectivity index (χ3n) is 4.94. The molecule has 2 aromatic carbocycles. The van der Waals surface area contributed by atoms with Gasteiger partial charge in [0.05, 0.1) is 20.8 Å². The van der Waals surface area contributed by atoms with Crippen LogP contribution in [0, 0.1) is 0 Å². The van der Waals surface area contributed by atoms with E-state index in [9.17, 15) is 4.79 Å². The quantitative estimate of drug-likeness (QED) is 0.505. The van der Waals surface area contributed by atoms with Gasteiger partial charge in [-0.05, 0) is 52.9 Å². The van der Waals surface area contributed by atoms with Crippen LogP contribution in [-0.4, -0.2) is 26.6 Å². The number of hydrogen-bond donors (Lipinski definition) is 0. The molecule has 3 aromatic rings. The van der Waals surface area contributed by atoms with Crippen LogP contribution in [0.2, 0.25) is 0 Å². The van der Waals surface area contributed by atoms with Crippen molar-refractivity contribution >= 4 is 23.2 Å². The molecule has 0 amide bonds. The third kappa shape index (κ3) is 4.20. The van der Waals surface area contributed by atoms with Gasteiger partial charge in [-0.15, -0.1) is 11.3 Å². The van der Waals surface area contributed by atoms with Crippen LogP contribution in [0.3, 0.4) is 0 Å². The van der Waals surface area contributed by atoms with Gasteiger partial charge >= 0.3 is 0 Å². The number of Topliss-reactive ketones (excluding diaryl/α,β-unsaturated/α-hetero) is 1. The van der Waals surface area contributed by atoms with Crippen LogP contribution in [0.25, 0.3) is 6.08 Å². The highest BCUT2D eigenvalue weighted by atomic mass is 32.1. The van der Waals surface area contributed by atoms with E-state index in [1.165, 1.54) is 4.88 Å². The maximum absolute atomic E-state index is 12.8. The molecule has 148 valence electrons. The summed E-state index contributed by atoms with van der Waals surface area (Å²) in [6.45, 7) is 0.651. The Kier molecular flexibility index (Phi) is 5.67. The highest BCUT2D eigenvalue weighted by Gasteiger charge is 2.27. The molecule has 4 nitrogen and oxygen atoms in total. The maximum atomic E-state index is 12.8. The van der Waals surface area contributed by atoms with E-state index in [2.05, 4.69) is 17.5 Å². The molecule has 29 heavy (non-hydrogen) atoms. The molecule has 1 aromatic heterocycles. The first-order valence-corrected chi connectivity index (χ1v) is 10.3. The van der Waals surface area contributed by atoms with Crippen molar-refractivity contribution in [1.82, 2.24) is 0 Å². The Morgan fingerprint density at radius 1 is 1.03 bits per heavy atom. The van der Waals surface area contributed by atoms with Gasteiger partial charge in [0.1, 0.15) is 5.75 Å². The summed E-state index contributed by atoms with van der Waals surface area (Å²) in [7, 11) is 3.17. The van der Waals surface area contributed by atoms with Gasteiger partial charge in [-0.25, -0.2) is 0 Å². The lowest BCUT2D eigenvalue weighted by Crippen LogP contribution is -2.00. The van der Waals surface area contributed by atoms with E-state index >= 15 is 0 Å². The number of thiophene rings is 1. The number of rotatable bonds is 7. The summed E-state index contributed by atoms with van der Waals surface area (Å²) in [5, 5.41) is 2.08. The summed E-state index contributed by atoms with van der Waals surface area (Å²) in [6, 6.07) is 15.7. The van der Waals surface area contributed by atoms with Gasteiger partial charge in [-0.3, -0.25) is 4.79 Å². The van der Waals surface area contributed by atoms with E-state index in [-0.39, 0.29) is 5.78 Å². The summed E-state index contributed by atoms with van der Waals surface area (Å²) in [5.74, 6) is 2.09. The van der Waals surface area contributed by atoms with E-state index in [4.69, 9.17) is 14.2 Å². The molecular formula is C24H22O4S. The largest absolute Gasteiger partial charge is 0.493 e. The van der Waals surface area contributed by atoms with Crippen molar-refractivity contribution < 1.29 is 19.0 Å². The van der Waals surface area contributed by atoms with E-state index < -0.39 is 0 Å². The number of carbonyl (C=O) groups excluding carboxylic acids is 1. The van der Waals surface area contributed by atoms with Gasteiger partial charge in [0.2, 0.25) is 0 Å². The Morgan fingerprint density at radius 3 is 2.48 bits per heavy atom. The third-order valence-corrected chi connectivity index (χ3v) is 5.88. The fourth-order valence-corrected chi connectivity index (χ4v) is 4.13. The van der Waals surface area contributed by atoms with Crippen LogP contribution in [0.5, 0.6) is 17.2 Å². The molecule has 0 atom stereocenters. The minimum Gasteiger partial charge on any atom is -0.493 e. The summed E-state index contributed by atoms with van der Waals surface area (Å²) in [5.41, 5.74) is 3.39. The van der Waals surface area contributed by atoms with Crippen molar-refractivity contribution in [2.45, 2.75) is 12.8 Å². The number of ether oxygens (including phenoxy) is 3. The number of carbonyl (C=O) groups is 1. The Hall–Kier alpha value is -3.05. The average molecular weight is 407 g/mol. The van der Waals surface area contributed by atoms with Gasteiger partial charge in [0, 0.05) is 28.9 Å². The summed E-state index contributed by atoms with van der Waals surface area (Å²) < 4.78 is 16.5.